The SMILES string of the molecule is CN(C)C(=O)C(Oc1ccc(C(=O)Nc2ccc(NC(=O)Nc3cc(C(C)(C)C)on3)cc2)nc1)C1CCN(OS(C)(=O)=O)C1. The van der Waals surface area contributed by atoms with Gasteiger partial charge in [0.15, 0.2) is 11.9 Å². The maximum Gasteiger partial charge on any atom is 0.324 e. The van der Waals surface area contributed by atoms with Gasteiger partial charge in [-0.05, 0) is 42.8 Å². The normalized spacial score (nSPS) is 16.1. The van der Waals surface area contributed by atoms with E-state index in [1.807, 2.05) is 20.8 Å². The molecule has 242 valence electrons. The number of benzene rings is 1. The maximum absolute atomic E-state index is 12.9. The molecule has 1 fully saturated rings. The number of aromatic nitrogens is 2. The van der Waals surface area contributed by atoms with Gasteiger partial charge in [-0.2, -0.15) is 17.8 Å². The van der Waals surface area contributed by atoms with Crippen molar-refractivity contribution in [2.45, 2.75) is 38.7 Å². The topological polar surface area (TPSA) is 185 Å². The molecule has 16 heteroatoms. The molecule has 1 aliphatic heterocycles. The lowest BCUT2D eigenvalue weighted by atomic mass is 9.93. The molecule has 2 atom stereocenters. The van der Waals surface area contributed by atoms with Crippen LogP contribution in [0.3, 0.4) is 0 Å². The van der Waals surface area contributed by atoms with E-state index in [1.165, 1.54) is 28.3 Å². The molecule has 3 aromatic rings. The van der Waals surface area contributed by atoms with Crippen LogP contribution in [0.1, 0.15) is 43.4 Å². The molecule has 0 spiro atoms. The first kappa shape index (κ1) is 33.4. The second kappa shape index (κ2) is 13.6. The summed E-state index contributed by atoms with van der Waals surface area (Å²) in [6.45, 7) is 6.41. The zero-order valence-corrected chi connectivity index (χ0v) is 26.7. The highest BCUT2D eigenvalue weighted by atomic mass is 32.2. The zero-order valence-electron chi connectivity index (χ0n) is 25.9. The molecule has 1 aromatic carbocycles. The van der Waals surface area contributed by atoms with Crippen LogP contribution in [0, 0.1) is 5.92 Å². The van der Waals surface area contributed by atoms with E-state index in [0.29, 0.717) is 30.1 Å². The molecule has 0 bridgehead atoms. The number of pyridine rings is 1. The van der Waals surface area contributed by atoms with Crippen molar-refractivity contribution in [1.29, 1.82) is 0 Å². The number of hydrogen-bond acceptors (Lipinski definition) is 11. The molecule has 0 radical (unpaired) electrons. The van der Waals surface area contributed by atoms with Crippen LogP contribution < -0.4 is 20.7 Å². The third-order valence-corrected chi connectivity index (χ3v) is 7.15. The molecule has 2 unspecified atom stereocenters. The van der Waals surface area contributed by atoms with Crippen LogP contribution in [0.15, 0.2) is 53.2 Å². The molecule has 4 rings (SSSR count). The number of urea groups is 1. The van der Waals surface area contributed by atoms with Gasteiger partial charge in [0.2, 0.25) is 0 Å². The van der Waals surface area contributed by atoms with Gasteiger partial charge in [-0.3, -0.25) is 14.9 Å². The van der Waals surface area contributed by atoms with Crippen molar-refractivity contribution < 1.29 is 36.3 Å². The van der Waals surface area contributed by atoms with Gasteiger partial charge in [0, 0.05) is 56.0 Å². The first-order valence-corrected chi connectivity index (χ1v) is 15.8. The quantitative estimate of drug-likeness (QED) is 0.294. The number of amides is 4. The fourth-order valence-corrected chi connectivity index (χ4v) is 4.91. The van der Waals surface area contributed by atoms with Crippen molar-refractivity contribution >= 4 is 45.2 Å². The minimum absolute atomic E-state index is 0.107. The van der Waals surface area contributed by atoms with Gasteiger partial charge < -0.3 is 24.8 Å². The van der Waals surface area contributed by atoms with Gasteiger partial charge in [-0.1, -0.05) is 25.9 Å². The fourth-order valence-electron chi connectivity index (χ4n) is 4.39. The Morgan fingerprint density at radius 2 is 1.71 bits per heavy atom. The van der Waals surface area contributed by atoms with Crippen LogP contribution in [0.4, 0.5) is 22.0 Å². The van der Waals surface area contributed by atoms with E-state index in [4.69, 9.17) is 13.5 Å². The Morgan fingerprint density at radius 1 is 1.04 bits per heavy atom. The number of anilines is 3. The minimum Gasteiger partial charge on any atom is -0.479 e. The molecule has 0 aliphatic carbocycles. The number of likely N-dealkylation sites (N-methyl/N-ethyl adjacent to an activating group) is 1. The molecule has 3 N–H and O–H groups in total. The average molecular weight is 644 g/mol. The van der Waals surface area contributed by atoms with Crippen molar-refractivity contribution in [1.82, 2.24) is 20.1 Å². The van der Waals surface area contributed by atoms with E-state index in [-0.39, 0.29) is 41.0 Å². The van der Waals surface area contributed by atoms with Crippen molar-refractivity contribution in [3.8, 4) is 5.75 Å². The molecule has 15 nitrogen and oxygen atoms in total. The largest absolute Gasteiger partial charge is 0.479 e. The molecular weight excluding hydrogens is 606 g/mol. The monoisotopic (exact) mass is 643 g/mol. The highest BCUT2D eigenvalue weighted by Crippen LogP contribution is 2.27. The average Bonchev–Trinajstić information content (AvgIpc) is 3.61. The number of nitrogens with zero attached hydrogens (tertiary/aromatic N) is 4. The molecule has 4 amide bonds. The number of carbonyl (C=O) groups is 3. The molecule has 2 aromatic heterocycles. The number of nitrogens with one attached hydrogen (secondary N) is 3. The van der Waals surface area contributed by atoms with Crippen molar-refractivity contribution in [3.63, 3.8) is 0 Å². The molecule has 1 saturated heterocycles. The number of carbonyl (C=O) groups excluding carboxylic acids is 3. The number of ether oxygens (including phenoxy) is 1. The highest BCUT2D eigenvalue weighted by Gasteiger charge is 2.38. The Bertz CT molecular complexity index is 1620. The number of hydroxylamine groups is 2. The first-order valence-electron chi connectivity index (χ1n) is 14.0. The summed E-state index contributed by atoms with van der Waals surface area (Å²) in [6.07, 6.45) is 1.86. The van der Waals surface area contributed by atoms with Crippen molar-refractivity contribution in [2.24, 2.45) is 5.92 Å². The molecule has 45 heavy (non-hydrogen) atoms. The van der Waals surface area contributed by atoms with Crippen LogP contribution in [-0.4, -0.2) is 85.9 Å². The van der Waals surface area contributed by atoms with E-state index >= 15 is 0 Å². The highest BCUT2D eigenvalue weighted by molar-refractivity contribution is 7.85. The predicted molar refractivity (Wildman–Crippen MR) is 165 cm³/mol. The van der Waals surface area contributed by atoms with Crippen molar-refractivity contribution in [3.05, 3.63) is 60.1 Å². The third kappa shape index (κ3) is 9.47. The summed E-state index contributed by atoms with van der Waals surface area (Å²) in [5.41, 5.74) is 0.816. The Morgan fingerprint density at radius 3 is 2.27 bits per heavy atom. The van der Waals surface area contributed by atoms with E-state index in [9.17, 15) is 22.8 Å². The summed E-state index contributed by atoms with van der Waals surface area (Å²) in [6, 6.07) is 10.6. The molecule has 1 aliphatic rings. The Balaban J connectivity index is 1.32. The van der Waals surface area contributed by atoms with E-state index in [1.54, 1.807) is 44.4 Å². The minimum atomic E-state index is -3.69. The summed E-state index contributed by atoms with van der Waals surface area (Å²) >= 11 is 0. The summed E-state index contributed by atoms with van der Waals surface area (Å²) < 4.78 is 39.2. The first-order chi connectivity index (χ1) is 21.1. The fraction of sp³-hybridized carbons (Fsp3) is 0.414. The Hall–Kier alpha value is -4.54. The number of hydrogen-bond donors (Lipinski definition) is 3. The van der Waals surface area contributed by atoms with Crippen LogP contribution >= 0.6 is 0 Å². The lowest BCUT2D eigenvalue weighted by Gasteiger charge is -2.26. The van der Waals surface area contributed by atoms with Crippen molar-refractivity contribution in [2.75, 3.05) is 49.4 Å². The lowest BCUT2D eigenvalue weighted by Crippen LogP contribution is -2.43. The maximum atomic E-state index is 12.9. The second-order valence-electron chi connectivity index (χ2n) is 11.8. The zero-order chi connectivity index (χ0) is 32.9. The van der Waals surface area contributed by atoms with Crippen LogP contribution in [-0.2, 0) is 24.6 Å². The molecule has 3 heterocycles. The third-order valence-electron chi connectivity index (χ3n) is 6.66. The van der Waals surface area contributed by atoms with Gasteiger partial charge in [0.05, 0.1) is 12.5 Å². The lowest BCUT2D eigenvalue weighted by molar-refractivity contribution is -0.139. The smallest absolute Gasteiger partial charge is 0.324 e. The molecule has 0 saturated carbocycles. The van der Waals surface area contributed by atoms with Gasteiger partial charge in [-0.25, -0.2) is 9.78 Å². The van der Waals surface area contributed by atoms with Crippen LogP contribution in [0.2, 0.25) is 0 Å². The van der Waals surface area contributed by atoms with Crippen LogP contribution in [0.25, 0.3) is 0 Å². The molecular formula is C29H37N7O8S. The van der Waals surface area contributed by atoms with Gasteiger partial charge in [-0.15, -0.1) is 0 Å². The predicted octanol–water partition coefficient (Wildman–Crippen LogP) is 3.31. The van der Waals surface area contributed by atoms with E-state index in [2.05, 4.69) is 26.1 Å². The summed E-state index contributed by atoms with van der Waals surface area (Å²) in [4.78, 5) is 43.6. The standard InChI is InChI=1S/C29H37N7O8S/c1-29(2,3)23-15-24(34-43-23)33-28(39)32-20-9-7-19(8-10-20)31-26(37)22-12-11-21(16-30-22)42-25(27(38)35(4)5)18-13-14-36(17-18)44-45(6,40)41/h7-12,15-16,18,25H,13-14,17H2,1-6H3,(H,31,37)(H2,32,33,34,39). The summed E-state index contributed by atoms with van der Waals surface area (Å²) in [5.74, 6) is 0.0736. The Labute approximate surface area is 261 Å². The Kier molecular flexibility index (Phi) is 10.1. The van der Waals surface area contributed by atoms with Gasteiger partial charge in [0.25, 0.3) is 21.9 Å². The van der Waals surface area contributed by atoms with E-state index < -0.39 is 28.2 Å². The van der Waals surface area contributed by atoms with Crippen LogP contribution in [0.5, 0.6) is 5.75 Å². The van der Waals surface area contributed by atoms with E-state index in [0.717, 1.165) is 6.26 Å². The van der Waals surface area contributed by atoms with Gasteiger partial charge in [0.1, 0.15) is 17.2 Å². The summed E-state index contributed by atoms with van der Waals surface area (Å²) in [5, 5.41) is 13.2. The number of rotatable bonds is 10. The second-order valence-corrected chi connectivity index (χ2v) is 13.4. The summed E-state index contributed by atoms with van der Waals surface area (Å²) in [7, 11) is -0.492. The van der Waals surface area contributed by atoms with Gasteiger partial charge >= 0.3 is 6.03 Å².